The van der Waals surface area contributed by atoms with Crippen molar-refractivity contribution in [3.63, 3.8) is 0 Å². The van der Waals surface area contributed by atoms with E-state index in [1.807, 2.05) is 14.1 Å². The second-order valence-electron chi connectivity index (χ2n) is 5.31. The number of amides is 1. The summed E-state index contributed by atoms with van der Waals surface area (Å²) in [4.78, 5) is 22.4. The zero-order valence-corrected chi connectivity index (χ0v) is 13.4. The fourth-order valence-electron chi connectivity index (χ4n) is 1.83. The first-order chi connectivity index (χ1) is 10.1. The van der Waals surface area contributed by atoms with E-state index in [-0.39, 0.29) is 5.91 Å². The molecular weight excluding hydrogens is 266 g/mol. The van der Waals surface area contributed by atoms with Crippen LogP contribution in [0, 0.1) is 0 Å². The van der Waals surface area contributed by atoms with E-state index in [0.29, 0.717) is 18.2 Å². The zero-order valence-electron chi connectivity index (χ0n) is 13.4. The van der Waals surface area contributed by atoms with Crippen LogP contribution in [0.3, 0.4) is 0 Å². The highest BCUT2D eigenvalue weighted by atomic mass is 16.1. The van der Waals surface area contributed by atoms with Crippen molar-refractivity contribution in [2.24, 2.45) is 0 Å². The summed E-state index contributed by atoms with van der Waals surface area (Å²) in [6.07, 6.45) is 5.98. The van der Waals surface area contributed by atoms with Gasteiger partial charge in [0, 0.05) is 19.3 Å². The molecule has 118 valence electrons. The van der Waals surface area contributed by atoms with E-state index >= 15 is 0 Å². The van der Waals surface area contributed by atoms with E-state index in [1.54, 1.807) is 12.3 Å². The van der Waals surface area contributed by atoms with E-state index < -0.39 is 0 Å². The van der Waals surface area contributed by atoms with Crippen LogP contribution in [0.2, 0.25) is 0 Å². The third-order valence-corrected chi connectivity index (χ3v) is 3.02. The van der Waals surface area contributed by atoms with Gasteiger partial charge in [-0.15, -0.1) is 0 Å². The average Bonchev–Trinajstić information content (AvgIpc) is 2.48. The first-order valence-electron chi connectivity index (χ1n) is 7.63. The summed E-state index contributed by atoms with van der Waals surface area (Å²) in [5, 5.41) is 6.02. The van der Waals surface area contributed by atoms with Gasteiger partial charge in [-0.2, -0.15) is 0 Å². The molecule has 0 saturated heterocycles. The molecule has 0 aliphatic carbocycles. The minimum Gasteiger partial charge on any atom is -0.354 e. The van der Waals surface area contributed by atoms with Gasteiger partial charge in [-0.1, -0.05) is 19.8 Å². The highest BCUT2D eigenvalue weighted by Crippen LogP contribution is 2.02. The summed E-state index contributed by atoms with van der Waals surface area (Å²) in [5.74, 6) is 0.375. The second kappa shape index (κ2) is 10.1. The molecule has 0 aromatic carbocycles. The van der Waals surface area contributed by atoms with Gasteiger partial charge in [0.2, 0.25) is 5.95 Å². The molecule has 21 heavy (non-hydrogen) atoms. The lowest BCUT2D eigenvalue weighted by Crippen LogP contribution is -2.28. The molecule has 1 rings (SSSR count). The molecule has 0 aliphatic heterocycles. The van der Waals surface area contributed by atoms with Gasteiger partial charge in [-0.05, 0) is 39.5 Å². The van der Waals surface area contributed by atoms with Gasteiger partial charge in [-0.3, -0.25) is 4.79 Å². The maximum absolute atomic E-state index is 12.0. The fraction of sp³-hybridized carbons (Fsp3) is 0.667. The largest absolute Gasteiger partial charge is 0.354 e. The Hall–Kier alpha value is -1.69. The van der Waals surface area contributed by atoms with Crippen molar-refractivity contribution in [3.8, 4) is 0 Å². The Balaban J connectivity index is 2.38. The van der Waals surface area contributed by atoms with Crippen molar-refractivity contribution >= 4 is 11.9 Å². The fourth-order valence-corrected chi connectivity index (χ4v) is 1.83. The standard InChI is InChI=1S/C15H27N5O/c1-4-5-6-9-17-15-18-11-8-13(19-15)14(21)16-10-7-12-20(2)3/h8,11H,4-7,9-10,12H2,1-3H3,(H,16,21)(H,17,18,19). The molecule has 0 radical (unpaired) electrons. The number of unbranched alkanes of at least 4 members (excludes halogenated alkanes) is 2. The zero-order chi connectivity index (χ0) is 15.5. The molecule has 2 N–H and O–H groups in total. The van der Waals surface area contributed by atoms with Crippen molar-refractivity contribution in [1.29, 1.82) is 0 Å². The van der Waals surface area contributed by atoms with Crippen LogP contribution < -0.4 is 10.6 Å². The number of hydrogen-bond acceptors (Lipinski definition) is 5. The maximum atomic E-state index is 12.0. The minimum absolute atomic E-state index is 0.146. The van der Waals surface area contributed by atoms with Crippen LogP contribution in [0.1, 0.15) is 43.1 Å². The Morgan fingerprint density at radius 3 is 2.76 bits per heavy atom. The minimum atomic E-state index is -0.146. The summed E-state index contributed by atoms with van der Waals surface area (Å²) < 4.78 is 0. The highest BCUT2D eigenvalue weighted by Gasteiger charge is 2.07. The molecule has 0 fully saturated rings. The normalized spacial score (nSPS) is 10.7. The number of nitrogens with one attached hydrogen (secondary N) is 2. The van der Waals surface area contributed by atoms with Gasteiger partial charge in [0.15, 0.2) is 0 Å². The molecular formula is C15H27N5O. The first kappa shape index (κ1) is 17.4. The first-order valence-corrected chi connectivity index (χ1v) is 7.63. The van der Waals surface area contributed by atoms with Crippen LogP contribution in [0.5, 0.6) is 0 Å². The Morgan fingerprint density at radius 1 is 1.24 bits per heavy atom. The van der Waals surface area contributed by atoms with Crippen LogP contribution >= 0.6 is 0 Å². The third kappa shape index (κ3) is 7.60. The van der Waals surface area contributed by atoms with Crippen LogP contribution in [0.25, 0.3) is 0 Å². The number of aromatic nitrogens is 2. The molecule has 0 aliphatic rings. The molecule has 0 atom stereocenters. The molecule has 1 heterocycles. The van der Waals surface area contributed by atoms with Crippen molar-refractivity contribution in [2.45, 2.75) is 32.6 Å². The predicted octanol–water partition coefficient (Wildman–Crippen LogP) is 1.76. The Bertz CT molecular complexity index is 422. The number of hydrogen-bond donors (Lipinski definition) is 2. The van der Waals surface area contributed by atoms with E-state index in [1.165, 1.54) is 12.8 Å². The molecule has 1 aromatic rings. The number of nitrogens with zero attached hydrogens (tertiary/aromatic N) is 3. The third-order valence-electron chi connectivity index (χ3n) is 3.02. The molecule has 0 unspecified atom stereocenters. The van der Waals surface area contributed by atoms with Crippen LogP contribution in [-0.2, 0) is 0 Å². The van der Waals surface area contributed by atoms with E-state index in [2.05, 4.69) is 32.4 Å². The van der Waals surface area contributed by atoms with Gasteiger partial charge >= 0.3 is 0 Å². The Kier molecular flexibility index (Phi) is 8.35. The van der Waals surface area contributed by atoms with Gasteiger partial charge in [0.25, 0.3) is 5.91 Å². The highest BCUT2D eigenvalue weighted by molar-refractivity contribution is 5.92. The SMILES string of the molecule is CCCCCNc1nccc(C(=O)NCCCN(C)C)n1. The van der Waals surface area contributed by atoms with Gasteiger partial charge in [-0.25, -0.2) is 9.97 Å². The van der Waals surface area contributed by atoms with Crippen molar-refractivity contribution in [2.75, 3.05) is 39.0 Å². The lowest BCUT2D eigenvalue weighted by atomic mass is 10.2. The van der Waals surface area contributed by atoms with Gasteiger partial charge in [0.1, 0.15) is 5.69 Å². The molecule has 0 saturated carbocycles. The number of carbonyl (C=O) groups is 1. The topological polar surface area (TPSA) is 70.2 Å². The number of anilines is 1. The lowest BCUT2D eigenvalue weighted by Gasteiger charge is -2.10. The van der Waals surface area contributed by atoms with Crippen LogP contribution in [0.15, 0.2) is 12.3 Å². The van der Waals surface area contributed by atoms with Gasteiger partial charge < -0.3 is 15.5 Å². The Morgan fingerprint density at radius 2 is 2.05 bits per heavy atom. The summed E-state index contributed by atoms with van der Waals surface area (Å²) in [7, 11) is 4.03. The summed E-state index contributed by atoms with van der Waals surface area (Å²) in [6, 6.07) is 1.64. The number of rotatable bonds is 10. The molecule has 0 spiro atoms. The summed E-state index contributed by atoms with van der Waals surface area (Å²) >= 11 is 0. The molecule has 1 amide bonds. The van der Waals surface area contributed by atoms with E-state index in [9.17, 15) is 4.79 Å². The summed E-state index contributed by atoms with van der Waals surface area (Å²) in [6.45, 7) is 4.61. The summed E-state index contributed by atoms with van der Waals surface area (Å²) in [5.41, 5.74) is 0.410. The quantitative estimate of drug-likeness (QED) is 0.643. The monoisotopic (exact) mass is 293 g/mol. The van der Waals surface area contributed by atoms with Crippen molar-refractivity contribution in [1.82, 2.24) is 20.2 Å². The van der Waals surface area contributed by atoms with Crippen LogP contribution in [0.4, 0.5) is 5.95 Å². The Labute approximate surface area is 127 Å². The molecule has 0 bridgehead atoms. The molecule has 6 heteroatoms. The lowest BCUT2D eigenvalue weighted by molar-refractivity contribution is 0.0947. The van der Waals surface area contributed by atoms with E-state index in [4.69, 9.17) is 0 Å². The average molecular weight is 293 g/mol. The second-order valence-corrected chi connectivity index (χ2v) is 5.31. The van der Waals surface area contributed by atoms with E-state index in [0.717, 1.165) is 25.9 Å². The van der Waals surface area contributed by atoms with Crippen molar-refractivity contribution < 1.29 is 4.79 Å². The van der Waals surface area contributed by atoms with Gasteiger partial charge in [0.05, 0.1) is 0 Å². The maximum Gasteiger partial charge on any atom is 0.270 e. The smallest absolute Gasteiger partial charge is 0.270 e. The van der Waals surface area contributed by atoms with Crippen molar-refractivity contribution in [3.05, 3.63) is 18.0 Å². The number of carbonyl (C=O) groups excluding carboxylic acids is 1. The van der Waals surface area contributed by atoms with Crippen LogP contribution in [-0.4, -0.2) is 54.5 Å². The molecule has 6 nitrogen and oxygen atoms in total. The molecule has 1 aromatic heterocycles. The predicted molar refractivity (Wildman–Crippen MR) is 85.6 cm³/mol.